The zero-order chi connectivity index (χ0) is 12.5. The highest BCUT2D eigenvalue weighted by Gasteiger charge is 2.48. The van der Waals surface area contributed by atoms with Crippen molar-refractivity contribution in [3.8, 4) is 0 Å². The summed E-state index contributed by atoms with van der Waals surface area (Å²) in [5.41, 5.74) is 2.75. The highest BCUT2D eigenvalue weighted by atomic mass is 19.3. The fourth-order valence-electron chi connectivity index (χ4n) is 1.56. The van der Waals surface area contributed by atoms with Crippen LogP contribution in [-0.4, -0.2) is 16.8 Å². The molecule has 0 aromatic carbocycles. The van der Waals surface area contributed by atoms with E-state index in [2.05, 4.69) is 6.58 Å². The number of nitrogens with two attached hydrogens (primary N) is 1. The van der Waals surface area contributed by atoms with E-state index < -0.39 is 17.1 Å². The van der Waals surface area contributed by atoms with Crippen molar-refractivity contribution in [2.75, 3.05) is 0 Å². The van der Waals surface area contributed by atoms with Gasteiger partial charge in [0.1, 0.15) is 5.60 Å². The largest absolute Gasteiger partial charge is 0.474 e. The summed E-state index contributed by atoms with van der Waals surface area (Å²) in [5, 5.41) is 8.70. The first-order valence-corrected chi connectivity index (χ1v) is 4.61. The van der Waals surface area contributed by atoms with Crippen molar-refractivity contribution in [3.63, 3.8) is 0 Å². The second-order valence-corrected chi connectivity index (χ2v) is 4.93. The van der Waals surface area contributed by atoms with Gasteiger partial charge in [-0.2, -0.15) is 8.78 Å². The predicted octanol–water partition coefficient (Wildman–Crippen LogP) is 2.21. The molecule has 0 bridgehead atoms. The Balaban J connectivity index is 4.64. The number of alkyl halides is 2. The molecule has 0 amide bonds. The van der Waals surface area contributed by atoms with Crippen LogP contribution < -0.4 is 5.73 Å². The Kier molecular flexibility index (Phi) is 3.74. The molecule has 0 aliphatic carbocycles. The minimum atomic E-state index is -3.76. The van der Waals surface area contributed by atoms with Crippen molar-refractivity contribution in [1.29, 1.82) is 0 Å². The lowest BCUT2D eigenvalue weighted by Crippen LogP contribution is -2.43. The SMILES string of the molecule is C=C(N)OC(C)(C)CC(C)(C)C(O)(F)F. The van der Waals surface area contributed by atoms with Crippen molar-refractivity contribution in [2.24, 2.45) is 11.1 Å². The zero-order valence-electron chi connectivity index (χ0n) is 9.60. The molecular weight excluding hydrogens is 204 g/mol. The molecule has 0 fully saturated rings. The Morgan fingerprint density at radius 3 is 2.00 bits per heavy atom. The number of rotatable bonds is 5. The molecule has 3 nitrogen and oxygen atoms in total. The van der Waals surface area contributed by atoms with Crippen LogP contribution in [0.4, 0.5) is 8.78 Å². The van der Waals surface area contributed by atoms with E-state index in [1.54, 1.807) is 13.8 Å². The van der Waals surface area contributed by atoms with Crippen molar-refractivity contribution in [1.82, 2.24) is 0 Å². The topological polar surface area (TPSA) is 55.5 Å². The fraction of sp³-hybridized carbons (Fsp3) is 0.800. The van der Waals surface area contributed by atoms with E-state index in [0.717, 1.165) is 0 Å². The summed E-state index contributed by atoms with van der Waals surface area (Å²) in [6, 6.07) is 0. The smallest absolute Gasteiger partial charge is 0.358 e. The molecule has 0 unspecified atom stereocenters. The summed E-state index contributed by atoms with van der Waals surface area (Å²) >= 11 is 0. The van der Waals surface area contributed by atoms with Crippen LogP contribution in [0.1, 0.15) is 34.1 Å². The second kappa shape index (κ2) is 3.96. The average molecular weight is 223 g/mol. The third-order valence-corrected chi connectivity index (χ3v) is 2.09. The van der Waals surface area contributed by atoms with Crippen molar-refractivity contribution >= 4 is 0 Å². The lowest BCUT2D eigenvalue weighted by Gasteiger charge is -2.37. The van der Waals surface area contributed by atoms with Crippen LogP contribution in [0.3, 0.4) is 0 Å². The highest BCUT2D eigenvalue weighted by molar-refractivity contribution is 4.88. The monoisotopic (exact) mass is 223 g/mol. The molecule has 0 aromatic rings. The van der Waals surface area contributed by atoms with Gasteiger partial charge in [0, 0.05) is 0 Å². The lowest BCUT2D eigenvalue weighted by molar-refractivity contribution is -0.279. The van der Waals surface area contributed by atoms with Gasteiger partial charge in [0.25, 0.3) is 0 Å². The van der Waals surface area contributed by atoms with Crippen LogP contribution in [-0.2, 0) is 4.74 Å². The molecule has 0 aromatic heterocycles. The maximum Gasteiger partial charge on any atom is 0.358 e. The van der Waals surface area contributed by atoms with Crippen LogP contribution >= 0.6 is 0 Å². The molecule has 15 heavy (non-hydrogen) atoms. The summed E-state index contributed by atoms with van der Waals surface area (Å²) in [5.74, 6) is -0.0305. The Labute approximate surface area is 88.9 Å². The normalized spacial score (nSPS) is 13.8. The van der Waals surface area contributed by atoms with E-state index in [0.29, 0.717) is 0 Å². The zero-order valence-corrected chi connectivity index (χ0v) is 9.60. The van der Waals surface area contributed by atoms with Crippen molar-refractivity contribution in [3.05, 3.63) is 12.5 Å². The third-order valence-electron chi connectivity index (χ3n) is 2.09. The van der Waals surface area contributed by atoms with Crippen LogP contribution in [0.2, 0.25) is 0 Å². The van der Waals surface area contributed by atoms with Crippen LogP contribution in [0.25, 0.3) is 0 Å². The molecule has 5 heteroatoms. The Bertz CT molecular complexity index is 244. The molecule has 0 aliphatic heterocycles. The molecule has 0 saturated carbocycles. The molecule has 90 valence electrons. The fourth-order valence-corrected chi connectivity index (χ4v) is 1.56. The van der Waals surface area contributed by atoms with Gasteiger partial charge in [-0.1, -0.05) is 13.8 Å². The van der Waals surface area contributed by atoms with Gasteiger partial charge in [-0.3, -0.25) is 0 Å². The summed E-state index contributed by atoms with van der Waals surface area (Å²) in [7, 11) is 0. The quantitative estimate of drug-likeness (QED) is 0.702. The number of hydrogen-bond acceptors (Lipinski definition) is 3. The van der Waals surface area contributed by atoms with Crippen LogP contribution in [0.15, 0.2) is 12.5 Å². The van der Waals surface area contributed by atoms with E-state index in [9.17, 15) is 8.78 Å². The summed E-state index contributed by atoms with van der Waals surface area (Å²) < 4.78 is 30.7. The summed E-state index contributed by atoms with van der Waals surface area (Å²) in [6.45, 7) is 9.08. The highest BCUT2D eigenvalue weighted by Crippen LogP contribution is 2.41. The second-order valence-electron chi connectivity index (χ2n) is 4.93. The van der Waals surface area contributed by atoms with Gasteiger partial charge in [0.05, 0.1) is 5.41 Å². The van der Waals surface area contributed by atoms with Gasteiger partial charge in [-0.15, -0.1) is 0 Å². The van der Waals surface area contributed by atoms with E-state index in [-0.39, 0.29) is 12.3 Å². The summed E-state index contributed by atoms with van der Waals surface area (Å²) in [4.78, 5) is 0. The minimum absolute atomic E-state index is 0.0305. The van der Waals surface area contributed by atoms with Gasteiger partial charge in [0.15, 0.2) is 5.88 Å². The molecule has 0 aliphatic rings. The van der Waals surface area contributed by atoms with Crippen molar-refractivity contribution < 1.29 is 18.6 Å². The van der Waals surface area contributed by atoms with E-state index in [1.165, 1.54) is 13.8 Å². The van der Waals surface area contributed by atoms with Gasteiger partial charge < -0.3 is 15.6 Å². The van der Waals surface area contributed by atoms with Gasteiger partial charge in [-0.05, 0) is 26.8 Å². The van der Waals surface area contributed by atoms with E-state index in [1.807, 2.05) is 0 Å². The Morgan fingerprint density at radius 2 is 1.73 bits per heavy atom. The Hall–Kier alpha value is -0.840. The molecule has 0 atom stereocenters. The minimum Gasteiger partial charge on any atom is -0.474 e. The van der Waals surface area contributed by atoms with E-state index >= 15 is 0 Å². The standard InChI is InChI=1S/C10H19F2NO2/c1-7(13)15-9(4,5)6-8(2,3)10(11,12)14/h14H,1,6,13H2,2-5H3. The van der Waals surface area contributed by atoms with Crippen molar-refractivity contribution in [2.45, 2.75) is 45.8 Å². The van der Waals surface area contributed by atoms with Crippen LogP contribution in [0, 0.1) is 5.41 Å². The maximum atomic E-state index is 12.8. The molecule has 0 heterocycles. The average Bonchev–Trinajstić information content (AvgIpc) is 1.75. The molecule has 3 N–H and O–H groups in total. The Morgan fingerprint density at radius 1 is 1.33 bits per heavy atom. The number of aliphatic hydroxyl groups is 1. The van der Waals surface area contributed by atoms with E-state index in [4.69, 9.17) is 15.6 Å². The molecule has 0 spiro atoms. The third kappa shape index (κ3) is 4.46. The summed E-state index contributed by atoms with van der Waals surface area (Å²) in [6.07, 6.45) is -3.82. The molecular formula is C10H19F2NO2. The molecule has 0 rings (SSSR count). The molecule has 0 saturated heterocycles. The van der Waals surface area contributed by atoms with Gasteiger partial charge in [0.2, 0.25) is 0 Å². The first kappa shape index (κ1) is 14.2. The number of hydrogen-bond donors (Lipinski definition) is 2. The maximum absolute atomic E-state index is 12.8. The van der Waals surface area contributed by atoms with Gasteiger partial charge >= 0.3 is 6.11 Å². The van der Waals surface area contributed by atoms with Crippen LogP contribution in [0.5, 0.6) is 0 Å². The number of halogens is 2. The lowest BCUT2D eigenvalue weighted by atomic mass is 9.80. The van der Waals surface area contributed by atoms with Gasteiger partial charge in [-0.25, -0.2) is 0 Å². The predicted molar refractivity (Wildman–Crippen MR) is 54.1 cm³/mol. The first-order valence-electron chi connectivity index (χ1n) is 4.61. The first-order chi connectivity index (χ1) is 6.37. The molecule has 0 radical (unpaired) electrons. The number of ether oxygens (including phenoxy) is 1.